The van der Waals surface area contributed by atoms with Crippen LogP contribution in [0.5, 0.6) is 0 Å². The summed E-state index contributed by atoms with van der Waals surface area (Å²) in [6.45, 7) is 10.8. The Morgan fingerprint density at radius 3 is 2.46 bits per heavy atom. The topological polar surface area (TPSA) is 56.6 Å². The number of hydrogen-bond acceptors (Lipinski definition) is 5. The van der Waals surface area contributed by atoms with Crippen molar-refractivity contribution in [3.05, 3.63) is 29.3 Å². The highest BCUT2D eigenvalue weighted by Gasteiger charge is 2.28. The summed E-state index contributed by atoms with van der Waals surface area (Å²) >= 11 is 0. The van der Waals surface area contributed by atoms with Gasteiger partial charge in [0.15, 0.2) is 5.78 Å². The molecule has 0 aliphatic carbocycles. The van der Waals surface area contributed by atoms with Crippen molar-refractivity contribution < 1.29 is 9.53 Å². The van der Waals surface area contributed by atoms with E-state index in [4.69, 9.17) is 4.74 Å². The number of piperidine rings is 1. The molecule has 2 aliphatic heterocycles. The largest absolute Gasteiger partial charge is 0.373 e. The van der Waals surface area contributed by atoms with Gasteiger partial charge in [-0.3, -0.25) is 9.69 Å². The highest BCUT2D eigenvalue weighted by atomic mass is 16.5. The van der Waals surface area contributed by atoms with E-state index in [0.29, 0.717) is 29.3 Å². The van der Waals surface area contributed by atoms with Gasteiger partial charge < -0.3 is 9.64 Å². The second kappa shape index (κ2) is 8.20. The molecule has 2 fully saturated rings. The van der Waals surface area contributed by atoms with Gasteiger partial charge in [0, 0.05) is 38.3 Å². The molecule has 2 unspecified atom stereocenters. The second-order valence-electron chi connectivity index (χ2n) is 7.78. The molecule has 2 aliphatic rings. The number of nitrogens with zero attached hydrogens (tertiary/aromatic N) is 3. The van der Waals surface area contributed by atoms with E-state index in [-0.39, 0.29) is 5.78 Å². The van der Waals surface area contributed by atoms with Crippen molar-refractivity contribution in [3.63, 3.8) is 0 Å². The van der Waals surface area contributed by atoms with Gasteiger partial charge in [0.05, 0.1) is 23.5 Å². The number of nitriles is 1. The van der Waals surface area contributed by atoms with E-state index in [9.17, 15) is 10.1 Å². The molecule has 26 heavy (non-hydrogen) atoms. The van der Waals surface area contributed by atoms with Gasteiger partial charge in [0.25, 0.3) is 0 Å². The Kier molecular flexibility index (Phi) is 5.95. The summed E-state index contributed by atoms with van der Waals surface area (Å²) in [6, 6.07) is 7.70. The highest BCUT2D eigenvalue weighted by molar-refractivity contribution is 6.01. The van der Waals surface area contributed by atoms with Crippen LogP contribution in [-0.4, -0.2) is 55.6 Å². The Labute approximate surface area is 156 Å². The zero-order valence-corrected chi connectivity index (χ0v) is 16.1. The lowest BCUT2D eigenvalue weighted by molar-refractivity contribution is -0.0720. The van der Waals surface area contributed by atoms with Crippen LogP contribution in [0, 0.1) is 17.2 Å². The summed E-state index contributed by atoms with van der Waals surface area (Å²) in [5.41, 5.74) is 2.10. The van der Waals surface area contributed by atoms with Crippen LogP contribution in [0.2, 0.25) is 0 Å². The minimum absolute atomic E-state index is 0.0236. The van der Waals surface area contributed by atoms with Gasteiger partial charge in [0.2, 0.25) is 0 Å². The lowest BCUT2D eigenvalue weighted by Gasteiger charge is -2.40. The highest BCUT2D eigenvalue weighted by Crippen LogP contribution is 2.30. The minimum Gasteiger partial charge on any atom is -0.373 e. The first-order chi connectivity index (χ1) is 12.5. The van der Waals surface area contributed by atoms with Crippen molar-refractivity contribution in [1.82, 2.24) is 4.90 Å². The average Bonchev–Trinajstić information content (AvgIpc) is 2.60. The number of benzene rings is 1. The van der Waals surface area contributed by atoms with E-state index in [0.717, 1.165) is 51.3 Å². The number of rotatable bonds is 4. The summed E-state index contributed by atoms with van der Waals surface area (Å²) in [4.78, 5) is 16.8. The minimum atomic E-state index is 0.0236. The van der Waals surface area contributed by atoms with Gasteiger partial charge in [-0.2, -0.15) is 5.26 Å². The van der Waals surface area contributed by atoms with Gasteiger partial charge in [-0.1, -0.05) is 6.07 Å². The maximum atomic E-state index is 12.0. The molecule has 0 radical (unpaired) electrons. The molecule has 1 aromatic rings. The molecule has 3 rings (SSSR count). The van der Waals surface area contributed by atoms with E-state index in [1.807, 2.05) is 12.1 Å². The SMILES string of the molecule is CC(=O)c1cccc(C#N)c1N1CCC(CN2CC(C)OC(C)C2)CC1. The summed E-state index contributed by atoms with van der Waals surface area (Å²) < 4.78 is 5.83. The number of carbonyl (C=O) groups excluding carboxylic acids is 1. The Bertz CT molecular complexity index is 679. The van der Waals surface area contributed by atoms with Crippen LogP contribution < -0.4 is 4.90 Å². The van der Waals surface area contributed by atoms with Crippen LogP contribution in [0.1, 0.15) is 49.5 Å². The number of para-hydroxylation sites is 1. The number of morpholine rings is 1. The smallest absolute Gasteiger partial charge is 0.161 e. The van der Waals surface area contributed by atoms with Crippen molar-refractivity contribution in [2.75, 3.05) is 37.6 Å². The number of carbonyl (C=O) groups is 1. The van der Waals surface area contributed by atoms with Crippen molar-refractivity contribution in [2.24, 2.45) is 5.92 Å². The third-order valence-corrected chi connectivity index (χ3v) is 5.48. The maximum absolute atomic E-state index is 12.0. The number of Topliss-reactive ketones (excluding diaryl/α,β-unsaturated/α-hetero) is 1. The Hall–Kier alpha value is -1.90. The molecule has 1 aromatic carbocycles. The molecule has 0 spiro atoms. The number of ketones is 1. The van der Waals surface area contributed by atoms with Crippen LogP contribution in [0.15, 0.2) is 18.2 Å². The molecule has 0 bridgehead atoms. The third kappa shape index (κ3) is 4.25. The molecule has 5 heteroatoms. The molecule has 0 amide bonds. The molecule has 140 valence electrons. The molecular weight excluding hydrogens is 326 g/mol. The zero-order chi connectivity index (χ0) is 18.7. The third-order valence-electron chi connectivity index (χ3n) is 5.48. The standard InChI is InChI=1S/C21H29N3O2/c1-15-12-23(13-16(2)26-15)14-18-7-9-24(10-8-18)21-19(11-22)5-4-6-20(21)17(3)25/h4-6,15-16,18H,7-10,12-14H2,1-3H3. The second-order valence-corrected chi connectivity index (χ2v) is 7.78. The Balaban J connectivity index is 1.64. The Morgan fingerprint density at radius 1 is 1.23 bits per heavy atom. The maximum Gasteiger partial charge on any atom is 0.161 e. The summed E-state index contributed by atoms with van der Waals surface area (Å²) in [6.07, 6.45) is 2.80. The van der Waals surface area contributed by atoms with Crippen LogP contribution >= 0.6 is 0 Å². The van der Waals surface area contributed by atoms with Crippen molar-refractivity contribution in [2.45, 2.75) is 45.8 Å². The monoisotopic (exact) mass is 355 g/mol. The number of hydrogen-bond donors (Lipinski definition) is 0. The number of ether oxygens (including phenoxy) is 1. The zero-order valence-electron chi connectivity index (χ0n) is 16.1. The van der Waals surface area contributed by atoms with Gasteiger partial charge in [0.1, 0.15) is 6.07 Å². The van der Waals surface area contributed by atoms with E-state index in [1.165, 1.54) is 0 Å². The molecule has 0 aromatic heterocycles. The van der Waals surface area contributed by atoms with Crippen molar-refractivity contribution in [3.8, 4) is 6.07 Å². The van der Waals surface area contributed by atoms with Crippen molar-refractivity contribution >= 4 is 11.5 Å². The van der Waals surface area contributed by atoms with Crippen LogP contribution in [0.4, 0.5) is 5.69 Å². The first-order valence-electron chi connectivity index (χ1n) is 9.64. The summed E-state index contributed by atoms with van der Waals surface area (Å²) in [7, 11) is 0. The average molecular weight is 355 g/mol. The van der Waals surface area contributed by atoms with E-state index in [2.05, 4.69) is 29.7 Å². The summed E-state index contributed by atoms with van der Waals surface area (Å²) in [5.74, 6) is 0.689. The molecule has 2 heterocycles. The molecule has 0 N–H and O–H groups in total. The van der Waals surface area contributed by atoms with Crippen LogP contribution in [0.3, 0.4) is 0 Å². The molecular formula is C21H29N3O2. The lowest BCUT2D eigenvalue weighted by atomic mass is 9.93. The first kappa shape index (κ1) is 18.9. The molecule has 5 nitrogen and oxygen atoms in total. The van der Waals surface area contributed by atoms with E-state index >= 15 is 0 Å². The van der Waals surface area contributed by atoms with Gasteiger partial charge in [-0.15, -0.1) is 0 Å². The predicted octanol–water partition coefficient (Wildman–Crippen LogP) is 3.09. The first-order valence-corrected chi connectivity index (χ1v) is 9.64. The van der Waals surface area contributed by atoms with E-state index < -0.39 is 0 Å². The van der Waals surface area contributed by atoms with Gasteiger partial charge in [-0.25, -0.2) is 0 Å². The fourth-order valence-electron chi connectivity index (χ4n) is 4.40. The molecule has 2 atom stereocenters. The fraction of sp³-hybridized carbons (Fsp3) is 0.619. The summed E-state index contributed by atoms with van der Waals surface area (Å²) in [5, 5.41) is 9.47. The lowest BCUT2D eigenvalue weighted by Crippen LogP contribution is -2.48. The fourth-order valence-corrected chi connectivity index (χ4v) is 4.40. The quantitative estimate of drug-likeness (QED) is 0.777. The van der Waals surface area contributed by atoms with Gasteiger partial charge in [-0.05, 0) is 51.7 Å². The Morgan fingerprint density at radius 2 is 1.88 bits per heavy atom. The normalized spacial score (nSPS) is 25.1. The molecule has 0 saturated carbocycles. The van der Waals surface area contributed by atoms with Crippen LogP contribution in [0.25, 0.3) is 0 Å². The van der Waals surface area contributed by atoms with Crippen LogP contribution in [-0.2, 0) is 4.74 Å². The predicted molar refractivity (Wildman–Crippen MR) is 103 cm³/mol. The van der Waals surface area contributed by atoms with Gasteiger partial charge >= 0.3 is 0 Å². The number of anilines is 1. The van der Waals surface area contributed by atoms with Crippen molar-refractivity contribution in [1.29, 1.82) is 5.26 Å². The molecule has 2 saturated heterocycles. The van der Waals surface area contributed by atoms with E-state index in [1.54, 1.807) is 13.0 Å².